The smallest absolute Gasteiger partial charge is 0.227 e. The lowest BCUT2D eigenvalue weighted by atomic mass is 9.84. The zero-order chi connectivity index (χ0) is 12.3. The first-order valence-corrected chi connectivity index (χ1v) is 6.39. The predicted molar refractivity (Wildman–Crippen MR) is 67.0 cm³/mol. The first kappa shape index (κ1) is 13.5. The zero-order valence-corrected chi connectivity index (χ0v) is 11.1. The molecule has 16 heavy (non-hydrogen) atoms. The van der Waals surface area contributed by atoms with Crippen LogP contribution in [0.25, 0.3) is 0 Å². The second kappa shape index (κ2) is 5.17. The average molecular weight is 226 g/mol. The summed E-state index contributed by atoms with van der Waals surface area (Å²) in [6, 6.07) is 0.506. The predicted octanol–water partition coefficient (Wildman–Crippen LogP) is 2.01. The molecule has 0 radical (unpaired) electrons. The third-order valence-electron chi connectivity index (χ3n) is 3.10. The van der Waals surface area contributed by atoms with Crippen molar-refractivity contribution in [2.75, 3.05) is 13.1 Å². The molecule has 1 atom stereocenters. The van der Waals surface area contributed by atoms with E-state index < -0.39 is 0 Å². The second-order valence-electron chi connectivity index (χ2n) is 6.05. The summed E-state index contributed by atoms with van der Waals surface area (Å²) in [6.07, 6.45) is 3.23. The van der Waals surface area contributed by atoms with Crippen LogP contribution < -0.4 is 5.73 Å². The Labute approximate surface area is 99.4 Å². The first-order chi connectivity index (χ1) is 7.39. The van der Waals surface area contributed by atoms with Crippen LogP contribution in [0.15, 0.2) is 0 Å². The summed E-state index contributed by atoms with van der Waals surface area (Å²) in [7, 11) is 0. The highest BCUT2D eigenvalue weighted by atomic mass is 16.2. The Hall–Kier alpha value is -0.570. The highest BCUT2D eigenvalue weighted by Gasteiger charge is 2.35. The van der Waals surface area contributed by atoms with E-state index in [1.165, 1.54) is 12.8 Å². The van der Waals surface area contributed by atoms with Gasteiger partial charge >= 0.3 is 0 Å². The fraction of sp³-hybridized carbons (Fsp3) is 0.923. The van der Waals surface area contributed by atoms with E-state index in [1.807, 2.05) is 4.90 Å². The number of nitrogens with two attached hydrogens (primary N) is 1. The van der Waals surface area contributed by atoms with Crippen LogP contribution in [0.2, 0.25) is 0 Å². The molecule has 1 saturated carbocycles. The minimum atomic E-state index is 0.000509. The molecule has 0 bridgehead atoms. The van der Waals surface area contributed by atoms with Crippen LogP contribution in [0.4, 0.5) is 0 Å². The molecule has 0 aromatic carbocycles. The van der Waals surface area contributed by atoms with Gasteiger partial charge in [-0.25, -0.2) is 0 Å². The van der Waals surface area contributed by atoms with Gasteiger partial charge in [0.05, 0.1) is 5.92 Å². The molecule has 0 aromatic heterocycles. The Morgan fingerprint density at radius 3 is 2.31 bits per heavy atom. The quantitative estimate of drug-likeness (QED) is 0.779. The van der Waals surface area contributed by atoms with E-state index in [1.54, 1.807) is 0 Å². The fourth-order valence-electron chi connectivity index (χ4n) is 2.23. The summed E-state index contributed by atoms with van der Waals surface area (Å²) < 4.78 is 0. The van der Waals surface area contributed by atoms with Crippen molar-refractivity contribution in [1.29, 1.82) is 0 Å². The molecule has 0 aromatic rings. The number of hydrogen-bond donors (Lipinski definition) is 1. The molecule has 3 heteroatoms. The van der Waals surface area contributed by atoms with Gasteiger partial charge in [-0.05, 0) is 31.6 Å². The van der Waals surface area contributed by atoms with E-state index in [0.717, 1.165) is 13.0 Å². The maximum Gasteiger partial charge on any atom is 0.227 e. The van der Waals surface area contributed by atoms with Crippen molar-refractivity contribution in [3.63, 3.8) is 0 Å². The molecule has 0 saturated heterocycles. The van der Waals surface area contributed by atoms with Crippen molar-refractivity contribution in [2.45, 2.75) is 53.0 Å². The largest absolute Gasteiger partial charge is 0.340 e. The third-order valence-corrected chi connectivity index (χ3v) is 3.10. The minimum absolute atomic E-state index is 0.000509. The van der Waals surface area contributed by atoms with Gasteiger partial charge in [0.2, 0.25) is 5.91 Å². The van der Waals surface area contributed by atoms with E-state index in [0.29, 0.717) is 12.6 Å². The van der Waals surface area contributed by atoms with Crippen molar-refractivity contribution < 1.29 is 4.79 Å². The Balaban J connectivity index is 2.60. The second-order valence-corrected chi connectivity index (χ2v) is 6.05. The summed E-state index contributed by atoms with van der Waals surface area (Å²) in [5, 5.41) is 0. The Morgan fingerprint density at radius 2 is 2.00 bits per heavy atom. The van der Waals surface area contributed by atoms with Crippen LogP contribution in [0.1, 0.15) is 47.0 Å². The van der Waals surface area contributed by atoms with E-state index in [2.05, 4.69) is 27.7 Å². The minimum Gasteiger partial charge on any atom is -0.340 e. The molecule has 3 nitrogen and oxygen atoms in total. The zero-order valence-electron chi connectivity index (χ0n) is 11.1. The van der Waals surface area contributed by atoms with Crippen molar-refractivity contribution >= 4 is 5.91 Å². The number of amides is 1. The lowest BCUT2D eigenvalue weighted by Gasteiger charge is -2.29. The lowest BCUT2D eigenvalue weighted by Crippen LogP contribution is -2.41. The molecule has 1 aliphatic carbocycles. The maximum atomic E-state index is 12.3. The number of carbonyl (C=O) groups excluding carboxylic acids is 1. The van der Waals surface area contributed by atoms with Crippen molar-refractivity contribution in [3.8, 4) is 0 Å². The molecule has 0 heterocycles. The fourth-order valence-corrected chi connectivity index (χ4v) is 2.23. The van der Waals surface area contributed by atoms with Crippen molar-refractivity contribution in [1.82, 2.24) is 4.90 Å². The van der Waals surface area contributed by atoms with Gasteiger partial charge < -0.3 is 10.6 Å². The van der Waals surface area contributed by atoms with Gasteiger partial charge in [0, 0.05) is 19.1 Å². The first-order valence-electron chi connectivity index (χ1n) is 6.39. The van der Waals surface area contributed by atoms with Crippen LogP contribution in [0.5, 0.6) is 0 Å². The molecule has 1 amide bonds. The number of rotatable bonds is 5. The van der Waals surface area contributed by atoms with E-state index in [4.69, 9.17) is 5.73 Å². The maximum absolute atomic E-state index is 12.3. The monoisotopic (exact) mass is 226 g/mol. The number of carbonyl (C=O) groups is 1. The van der Waals surface area contributed by atoms with Gasteiger partial charge in [-0.1, -0.05) is 20.8 Å². The van der Waals surface area contributed by atoms with Gasteiger partial charge in [-0.2, -0.15) is 0 Å². The molecule has 1 rings (SSSR count). The molecule has 1 fully saturated rings. The summed E-state index contributed by atoms with van der Waals surface area (Å²) in [4.78, 5) is 14.3. The molecule has 0 aliphatic heterocycles. The average Bonchev–Trinajstić information content (AvgIpc) is 2.97. The topological polar surface area (TPSA) is 46.3 Å². The van der Waals surface area contributed by atoms with Crippen molar-refractivity contribution in [2.24, 2.45) is 17.1 Å². The highest BCUT2D eigenvalue weighted by Crippen LogP contribution is 2.30. The van der Waals surface area contributed by atoms with E-state index in [9.17, 15) is 4.79 Å². The summed E-state index contributed by atoms with van der Waals surface area (Å²) in [5.41, 5.74) is 5.92. The molecule has 1 aliphatic rings. The Kier molecular flexibility index (Phi) is 4.36. The van der Waals surface area contributed by atoms with Crippen LogP contribution in [-0.4, -0.2) is 29.9 Å². The number of nitrogens with zero attached hydrogens (tertiary/aromatic N) is 1. The van der Waals surface area contributed by atoms with Gasteiger partial charge in [-0.15, -0.1) is 0 Å². The van der Waals surface area contributed by atoms with Crippen LogP contribution in [-0.2, 0) is 4.79 Å². The van der Waals surface area contributed by atoms with E-state index >= 15 is 0 Å². The van der Waals surface area contributed by atoms with Gasteiger partial charge in [0.25, 0.3) is 0 Å². The van der Waals surface area contributed by atoms with Crippen LogP contribution >= 0.6 is 0 Å². The molecular weight excluding hydrogens is 200 g/mol. The molecule has 1 unspecified atom stereocenters. The normalized spacial score (nSPS) is 18.3. The van der Waals surface area contributed by atoms with Gasteiger partial charge in [-0.3, -0.25) is 4.79 Å². The van der Waals surface area contributed by atoms with E-state index in [-0.39, 0.29) is 17.2 Å². The Bertz CT molecular complexity index is 241. The summed E-state index contributed by atoms with van der Waals surface area (Å²) >= 11 is 0. The molecular formula is C13H26N2O. The summed E-state index contributed by atoms with van der Waals surface area (Å²) in [5.74, 6) is 0.267. The van der Waals surface area contributed by atoms with Gasteiger partial charge in [0.1, 0.15) is 0 Å². The Morgan fingerprint density at radius 1 is 1.44 bits per heavy atom. The number of hydrogen-bond acceptors (Lipinski definition) is 2. The molecule has 0 spiro atoms. The van der Waals surface area contributed by atoms with Crippen LogP contribution in [0, 0.1) is 11.3 Å². The molecule has 2 N–H and O–H groups in total. The summed E-state index contributed by atoms with van der Waals surface area (Å²) in [6.45, 7) is 9.84. The van der Waals surface area contributed by atoms with Gasteiger partial charge in [0.15, 0.2) is 0 Å². The lowest BCUT2D eigenvalue weighted by molar-refractivity contribution is -0.136. The SMILES string of the molecule is CCN(C(=O)C(CN)CC(C)(C)C)C1CC1. The van der Waals surface area contributed by atoms with Crippen molar-refractivity contribution in [3.05, 3.63) is 0 Å². The van der Waals surface area contributed by atoms with Crippen LogP contribution in [0.3, 0.4) is 0 Å². The standard InChI is InChI=1S/C13H26N2O/c1-5-15(11-6-7-11)12(16)10(9-14)8-13(2,3)4/h10-11H,5-9,14H2,1-4H3. The highest BCUT2D eigenvalue weighted by molar-refractivity contribution is 5.79. The third kappa shape index (κ3) is 3.78. The molecule has 94 valence electrons.